The summed E-state index contributed by atoms with van der Waals surface area (Å²) in [6.45, 7) is 1.09. The first-order chi connectivity index (χ1) is 15.5. The van der Waals surface area contributed by atoms with Gasteiger partial charge in [0.05, 0.1) is 11.1 Å². The van der Waals surface area contributed by atoms with Crippen LogP contribution in [-0.2, 0) is 28.9 Å². The first-order valence-electron chi connectivity index (χ1n) is 10.7. The highest BCUT2D eigenvalue weighted by Crippen LogP contribution is 2.35. The number of carbonyl (C=O) groups excluding carboxylic acids is 1. The number of ether oxygens (including phenoxy) is 1. The molecule has 0 saturated heterocycles. The van der Waals surface area contributed by atoms with E-state index in [4.69, 9.17) is 9.72 Å². The highest BCUT2D eigenvalue weighted by molar-refractivity contribution is 7.99. The van der Waals surface area contributed by atoms with Crippen molar-refractivity contribution >= 4 is 50.6 Å². The fourth-order valence-electron chi connectivity index (χ4n) is 3.90. The molecule has 1 aliphatic rings. The quantitative estimate of drug-likeness (QED) is 0.290. The summed E-state index contributed by atoms with van der Waals surface area (Å²) in [4.78, 5) is 34.8. The lowest BCUT2D eigenvalue weighted by molar-refractivity contribution is -0.113. The summed E-state index contributed by atoms with van der Waals surface area (Å²) in [7, 11) is 5.60. The molecular weight excluding hydrogens is 444 g/mol. The van der Waals surface area contributed by atoms with Gasteiger partial charge in [0.2, 0.25) is 5.91 Å². The number of thioether (sulfide) groups is 1. The van der Waals surface area contributed by atoms with Crippen LogP contribution >= 0.6 is 23.1 Å². The van der Waals surface area contributed by atoms with Gasteiger partial charge in [0, 0.05) is 50.6 Å². The second kappa shape index (κ2) is 10.1. The van der Waals surface area contributed by atoms with E-state index in [-0.39, 0.29) is 17.2 Å². The van der Waals surface area contributed by atoms with E-state index in [1.807, 2.05) is 43.3 Å². The number of anilines is 2. The maximum Gasteiger partial charge on any atom is 0.263 e. The lowest BCUT2D eigenvalue weighted by Gasteiger charge is -2.14. The first kappa shape index (κ1) is 22.8. The first-order valence-corrected chi connectivity index (χ1v) is 12.5. The van der Waals surface area contributed by atoms with E-state index >= 15 is 0 Å². The van der Waals surface area contributed by atoms with E-state index in [1.54, 1.807) is 23.0 Å². The van der Waals surface area contributed by atoms with Crippen LogP contribution in [0.2, 0.25) is 0 Å². The maximum absolute atomic E-state index is 13.4. The molecule has 0 atom stereocenters. The molecule has 0 aliphatic heterocycles. The van der Waals surface area contributed by atoms with Crippen LogP contribution in [0.1, 0.15) is 23.3 Å². The molecule has 2 aromatic heterocycles. The topological polar surface area (TPSA) is 76.5 Å². The number of hydrogen-bond donors (Lipinski definition) is 1. The predicted molar refractivity (Wildman–Crippen MR) is 133 cm³/mol. The number of nitrogens with zero attached hydrogens (tertiary/aromatic N) is 3. The summed E-state index contributed by atoms with van der Waals surface area (Å²) in [5.74, 6) is 0.0574. The van der Waals surface area contributed by atoms with Gasteiger partial charge in [-0.1, -0.05) is 11.8 Å². The number of fused-ring (bicyclic) bond motifs is 3. The number of benzene rings is 1. The predicted octanol–water partition coefficient (Wildman–Crippen LogP) is 3.78. The molecule has 3 aromatic rings. The SMILES string of the molecule is COCCCn1c(SCC(=O)Nc2ccc(N(C)C)cc2)nc2sc3c(c2c1=O)CCC3. The number of nitrogens with one attached hydrogen (secondary N) is 1. The van der Waals surface area contributed by atoms with E-state index in [0.717, 1.165) is 40.9 Å². The van der Waals surface area contributed by atoms with Crippen LogP contribution in [0.4, 0.5) is 11.4 Å². The summed E-state index contributed by atoms with van der Waals surface area (Å²) in [5, 5.41) is 4.29. The molecule has 0 fully saturated rings. The highest BCUT2D eigenvalue weighted by atomic mass is 32.2. The van der Waals surface area contributed by atoms with Crippen molar-refractivity contribution in [2.75, 3.05) is 43.8 Å². The zero-order valence-electron chi connectivity index (χ0n) is 18.6. The molecule has 1 N–H and O–H groups in total. The van der Waals surface area contributed by atoms with Crippen LogP contribution in [0.25, 0.3) is 10.2 Å². The molecule has 4 rings (SSSR count). The van der Waals surface area contributed by atoms with Crippen molar-refractivity contribution < 1.29 is 9.53 Å². The van der Waals surface area contributed by atoms with Crippen molar-refractivity contribution in [1.82, 2.24) is 9.55 Å². The van der Waals surface area contributed by atoms with Gasteiger partial charge in [0.1, 0.15) is 4.83 Å². The number of methoxy groups -OCH3 is 1. The molecular formula is C23H28N4O3S2. The third kappa shape index (κ3) is 4.84. The van der Waals surface area contributed by atoms with Gasteiger partial charge >= 0.3 is 0 Å². The smallest absolute Gasteiger partial charge is 0.263 e. The third-order valence-electron chi connectivity index (χ3n) is 5.52. The van der Waals surface area contributed by atoms with Crippen molar-refractivity contribution in [2.24, 2.45) is 0 Å². The molecule has 1 aromatic carbocycles. The Morgan fingerprint density at radius 3 is 2.78 bits per heavy atom. The van der Waals surface area contributed by atoms with Gasteiger partial charge in [-0.3, -0.25) is 14.2 Å². The van der Waals surface area contributed by atoms with Crippen LogP contribution in [0, 0.1) is 0 Å². The number of aromatic nitrogens is 2. The van der Waals surface area contributed by atoms with Crippen LogP contribution < -0.4 is 15.8 Å². The Balaban J connectivity index is 1.52. The molecule has 1 aliphatic carbocycles. The molecule has 0 unspecified atom stereocenters. The minimum absolute atomic E-state index is 0.00712. The van der Waals surface area contributed by atoms with Crippen LogP contribution in [0.5, 0.6) is 0 Å². The van der Waals surface area contributed by atoms with Gasteiger partial charge in [-0.15, -0.1) is 11.3 Å². The molecule has 0 spiro atoms. The maximum atomic E-state index is 13.4. The summed E-state index contributed by atoms with van der Waals surface area (Å²) >= 11 is 2.93. The summed E-state index contributed by atoms with van der Waals surface area (Å²) in [6, 6.07) is 7.69. The van der Waals surface area contributed by atoms with Crippen LogP contribution in [-0.4, -0.2) is 49.0 Å². The normalized spacial score (nSPS) is 12.8. The van der Waals surface area contributed by atoms with E-state index in [1.165, 1.54) is 22.2 Å². The zero-order valence-corrected chi connectivity index (χ0v) is 20.3. The number of carbonyl (C=O) groups is 1. The molecule has 0 radical (unpaired) electrons. The fourth-order valence-corrected chi connectivity index (χ4v) is 6.03. The van der Waals surface area contributed by atoms with E-state index in [2.05, 4.69) is 5.32 Å². The Morgan fingerprint density at radius 1 is 1.28 bits per heavy atom. The molecule has 1 amide bonds. The van der Waals surface area contributed by atoms with Crippen molar-refractivity contribution in [3.8, 4) is 0 Å². The number of rotatable bonds is 9. The van der Waals surface area contributed by atoms with Crippen molar-refractivity contribution in [1.29, 1.82) is 0 Å². The van der Waals surface area contributed by atoms with E-state index < -0.39 is 0 Å². The Kier molecular flexibility index (Phi) is 7.17. The molecule has 9 heteroatoms. The Morgan fingerprint density at radius 2 is 2.06 bits per heavy atom. The molecule has 32 heavy (non-hydrogen) atoms. The minimum Gasteiger partial charge on any atom is -0.385 e. The minimum atomic E-state index is -0.126. The van der Waals surface area contributed by atoms with Crippen molar-refractivity contribution in [2.45, 2.75) is 37.4 Å². The summed E-state index contributed by atoms with van der Waals surface area (Å²) in [5.41, 5.74) is 3.00. The van der Waals surface area contributed by atoms with E-state index in [0.29, 0.717) is 24.7 Å². The number of amides is 1. The molecule has 2 heterocycles. The Labute approximate surface area is 195 Å². The van der Waals surface area contributed by atoms with Gasteiger partial charge in [-0.2, -0.15) is 0 Å². The van der Waals surface area contributed by atoms with Gasteiger partial charge in [-0.05, 0) is 55.5 Å². The second-order valence-electron chi connectivity index (χ2n) is 8.01. The van der Waals surface area contributed by atoms with Crippen molar-refractivity contribution in [3.63, 3.8) is 0 Å². The number of thiophene rings is 1. The van der Waals surface area contributed by atoms with Gasteiger partial charge < -0.3 is 15.0 Å². The number of hydrogen-bond acceptors (Lipinski definition) is 7. The molecule has 170 valence electrons. The summed E-state index contributed by atoms with van der Waals surface area (Å²) < 4.78 is 6.89. The molecule has 0 bridgehead atoms. The van der Waals surface area contributed by atoms with Crippen LogP contribution in [0.15, 0.2) is 34.2 Å². The fraction of sp³-hybridized carbons (Fsp3) is 0.435. The average molecular weight is 473 g/mol. The third-order valence-corrected chi connectivity index (χ3v) is 7.68. The Bertz CT molecular complexity index is 1170. The number of aryl methyl sites for hydroxylation is 2. The van der Waals surface area contributed by atoms with Crippen LogP contribution in [0.3, 0.4) is 0 Å². The zero-order chi connectivity index (χ0) is 22.7. The molecule has 7 nitrogen and oxygen atoms in total. The largest absolute Gasteiger partial charge is 0.385 e. The second-order valence-corrected chi connectivity index (χ2v) is 10.0. The highest BCUT2D eigenvalue weighted by Gasteiger charge is 2.23. The van der Waals surface area contributed by atoms with Crippen molar-refractivity contribution in [3.05, 3.63) is 45.1 Å². The monoisotopic (exact) mass is 472 g/mol. The standard InChI is InChI=1S/C23H28N4O3S2/c1-26(2)16-10-8-15(9-11-16)24-19(28)14-31-23-25-21-20(17-6-4-7-18(17)32-21)22(29)27(23)12-5-13-30-3/h8-11H,4-7,12-14H2,1-3H3,(H,24,28). The lowest BCUT2D eigenvalue weighted by atomic mass is 10.2. The van der Waals surface area contributed by atoms with Gasteiger partial charge in [0.25, 0.3) is 5.56 Å². The molecule has 0 saturated carbocycles. The average Bonchev–Trinajstić information content (AvgIpc) is 3.35. The summed E-state index contributed by atoms with van der Waals surface area (Å²) in [6.07, 6.45) is 3.79. The van der Waals surface area contributed by atoms with Gasteiger partial charge in [-0.25, -0.2) is 4.98 Å². The van der Waals surface area contributed by atoms with E-state index in [9.17, 15) is 9.59 Å². The lowest BCUT2D eigenvalue weighted by Crippen LogP contribution is -2.25. The van der Waals surface area contributed by atoms with Gasteiger partial charge in [0.15, 0.2) is 5.16 Å². The Hall–Kier alpha value is -2.36.